The largest absolute Gasteiger partial charge is 0.493 e. The van der Waals surface area contributed by atoms with Gasteiger partial charge in [0.25, 0.3) is 0 Å². The average molecular weight is 334 g/mol. The van der Waals surface area contributed by atoms with E-state index in [4.69, 9.17) is 17.0 Å². The first-order valence-electron chi connectivity index (χ1n) is 8.46. The number of hydrogen-bond donors (Lipinski definition) is 2. The lowest BCUT2D eigenvalue weighted by Crippen LogP contribution is -2.40. The van der Waals surface area contributed by atoms with Crippen LogP contribution >= 0.6 is 12.2 Å². The highest BCUT2D eigenvalue weighted by atomic mass is 32.1. The molecule has 1 aliphatic carbocycles. The van der Waals surface area contributed by atoms with Crippen molar-refractivity contribution in [2.24, 2.45) is 11.0 Å². The smallest absolute Gasteiger partial charge is 0.187 e. The van der Waals surface area contributed by atoms with E-state index in [1.807, 2.05) is 24.3 Å². The number of hydrogen-bond acceptors (Lipinski definition) is 3. The predicted molar refractivity (Wildman–Crippen MR) is 100 cm³/mol. The Balaban J connectivity index is 1.72. The predicted octanol–water partition coefficient (Wildman–Crippen LogP) is 3.85. The molecule has 23 heavy (non-hydrogen) atoms. The highest BCUT2D eigenvalue weighted by Gasteiger charge is 2.13. The number of ether oxygens (including phenoxy) is 1. The Bertz CT molecular complexity index is 508. The lowest BCUT2D eigenvalue weighted by atomic mass is 9.96. The first-order chi connectivity index (χ1) is 11.1. The summed E-state index contributed by atoms with van der Waals surface area (Å²) in [5, 5.41) is 8.12. The molecule has 5 heteroatoms. The molecule has 1 aromatic rings. The fourth-order valence-electron chi connectivity index (χ4n) is 2.54. The van der Waals surface area contributed by atoms with Crippen LogP contribution < -0.4 is 15.5 Å². The maximum absolute atomic E-state index is 5.66. The van der Waals surface area contributed by atoms with Gasteiger partial charge in [0, 0.05) is 6.04 Å². The van der Waals surface area contributed by atoms with Crippen LogP contribution in [0.5, 0.6) is 5.75 Å². The Morgan fingerprint density at radius 2 is 1.96 bits per heavy atom. The lowest BCUT2D eigenvalue weighted by molar-refractivity contribution is 0.271. The zero-order valence-electron chi connectivity index (χ0n) is 14.0. The summed E-state index contributed by atoms with van der Waals surface area (Å²) < 4.78 is 5.66. The van der Waals surface area contributed by atoms with Crippen LogP contribution in [0.3, 0.4) is 0 Å². The van der Waals surface area contributed by atoms with Crippen molar-refractivity contribution in [1.82, 2.24) is 10.7 Å². The third kappa shape index (κ3) is 6.99. The summed E-state index contributed by atoms with van der Waals surface area (Å²) in [6, 6.07) is 8.39. The molecule has 0 aromatic heterocycles. The van der Waals surface area contributed by atoms with E-state index in [-0.39, 0.29) is 0 Å². The van der Waals surface area contributed by atoms with E-state index in [0.29, 0.717) is 17.1 Å². The molecule has 0 saturated heterocycles. The maximum Gasteiger partial charge on any atom is 0.187 e. The van der Waals surface area contributed by atoms with E-state index < -0.39 is 0 Å². The van der Waals surface area contributed by atoms with Crippen molar-refractivity contribution in [2.75, 3.05) is 6.61 Å². The number of thiocarbonyl (C=S) groups is 1. The number of nitrogens with zero attached hydrogens (tertiary/aromatic N) is 1. The molecule has 1 aromatic carbocycles. The van der Waals surface area contributed by atoms with Crippen molar-refractivity contribution >= 4 is 23.5 Å². The number of hydrazone groups is 1. The molecule has 0 aliphatic heterocycles. The zero-order chi connectivity index (χ0) is 16.5. The van der Waals surface area contributed by atoms with Gasteiger partial charge >= 0.3 is 0 Å². The molecule has 4 nitrogen and oxygen atoms in total. The molecule has 1 aliphatic rings. The minimum Gasteiger partial charge on any atom is -0.493 e. The number of nitrogens with one attached hydrogen (secondary N) is 2. The Hall–Kier alpha value is -1.62. The highest BCUT2D eigenvalue weighted by Crippen LogP contribution is 2.17. The molecule has 126 valence electrons. The molecule has 0 radical (unpaired) electrons. The van der Waals surface area contributed by atoms with Crippen LogP contribution in [0, 0.1) is 5.92 Å². The van der Waals surface area contributed by atoms with Crippen molar-refractivity contribution in [3.63, 3.8) is 0 Å². The quantitative estimate of drug-likeness (QED) is 0.471. The van der Waals surface area contributed by atoms with E-state index in [0.717, 1.165) is 17.9 Å². The molecule has 0 atom stereocenters. The summed E-state index contributed by atoms with van der Waals surface area (Å²) in [7, 11) is 0. The second-order valence-corrected chi connectivity index (χ2v) is 6.86. The van der Waals surface area contributed by atoms with Crippen LogP contribution in [0.25, 0.3) is 0 Å². The van der Waals surface area contributed by atoms with Crippen molar-refractivity contribution in [3.05, 3.63) is 29.8 Å². The van der Waals surface area contributed by atoms with Crippen LogP contribution in [0.1, 0.15) is 51.5 Å². The second kappa shape index (κ2) is 9.50. The van der Waals surface area contributed by atoms with E-state index >= 15 is 0 Å². The minimum absolute atomic E-state index is 0.497. The molecular formula is C18H27N3OS. The minimum atomic E-state index is 0.497. The summed E-state index contributed by atoms with van der Waals surface area (Å²) in [6.07, 6.45) is 8.07. The lowest BCUT2D eigenvalue weighted by Gasteiger charge is -2.23. The van der Waals surface area contributed by atoms with Crippen LogP contribution in [-0.4, -0.2) is 24.0 Å². The maximum atomic E-state index is 5.66. The van der Waals surface area contributed by atoms with Gasteiger partial charge in [-0.1, -0.05) is 33.1 Å². The summed E-state index contributed by atoms with van der Waals surface area (Å²) in [4.78, 5) is 0. The number of rotatable bonds is 6. The Kier molecular flexibility index (Phi) is 7.33. The fourth-order valence-corrected chi connectivity index (χ4v) is 2.76. The topological polar surface area (TPSA) is 45.6 Å². The monoisotopic (exact) mass is 333 g/mol. The normalized spacial score (nSPS) is 15.8. The van der Waals surface area contributed by atoms with Crippen LogP contribution in [0.2, 0.25) is 0 Å². The van der Waals surface area contributed by atoms with Crippen LogP contribution in [0.15, 0.2) is 29.4 Å². The Morgan fingerprint density at radius 1 is 1.26 bits per heavy atom. The Morgan fingerprint density at radius 3 is 2.61 bits per heavy atom. The zero-order valence-corrected chi connectivity index (χ0v) is 14.9. The highest BCUT2D eigenvalue weighted by molar-refractivity contribution is 7.80. The molecule has 0 spiro atoms. The van der Waals surface area contributed by atoms with Crippen LogP contribution in [0.4, 0.5) is 0 Å². The van der Waals surface area contributed by atoms with E-state index in [9.17, 15) is 0 Å². The van der Waals surface area contributed by atoms with Crippen molar-refractivity contribution < 1.29 is 4.74 Å². The molecule has 1 fully saturated rings. The molecule has 0 heterocycles. The van der Waals surface area contributed by atoms with Gasteiger partial charge < -0.3 is 10.1 Å². The molecule has 0 amide bonds. The summed E-state index contributed by atoms with van der Waals surface area (Å²) in [6.45, 7) is 5.00. The average Bonchev–Trinajstić information content (AvgIpc) is 2.55. The van der Waals surface area contributed by atoms with E-state index in [1.165, 1.54) is 32.1 Å². The molecular weight excluding hydrogens is 306 g/mol. The molecule has 0 unspecified atom stereocenters. The third-order valence-corrected chi connectivity index (χ3v) is 3.99. The molecule has 1 saturated carbocycles. The first-order valence-corrected chi connectivity index (χ1v) is 8.87. The third-order valence-electron chi connectivity index (χ3n) is 3.78. The van der Waals surface area contributed by atoms with Crippen molar-refractivity contribution in [2.45, 2.75) is 52.0 Å². The van der Waals surface area contributed by atoms with Gasteiger partial charge in [0.05, 0.1) is 12.8 Å². The molecule has 0 bridgehead atoms. The van der Waals surface area contributed by atoms with E-state index in [1.54, 1.807) is 6.21 Å². The molecule has 2 N–H and O–H groups in total. The summed E-state index contributed by atoms with van der Waals surface area (Å²) in [5.41, 5.74) is 3.90. The van der Waals surface area contributed by atoms with Gasteiger partial charge in [0.15, 0.2) is 5.11 Å². The van der Waals surface area contributed by atoms with Crippen LogP contribution in [-0.2, 0) is 0 Å². The summed E-state index contributed by atoms with van der Waals surface area (Å²) in [5.74, 6) is 1.41. The van der Waals surface area contributed by atoms with E-state index in [2.05, 4.69) is 29.7 Å². The standard InChI is InChI=1S/C18H27N3OS/c1-14(2)13-22-17-10-8-15(9-11-17)12-19-21-18(23)20-16-6-4-3-5-7-16/h8-12,14,16H,3-7,13H2,1-2H3,(H2,20,21,23)/b19-12-. The fraction of sp³-hybridized carbons (Fsp3) is 0.556. The van der Waals surface area contributed by atoms with Gasteiger partial charge in [-0.15, -0.1) is 0 Å². The Labute approximate surface area is 144 Å². The summed E-state index contributed by atoms with van der Waals surface area (Å²) >= 11 is 5.27. The molecule has 2 rings (SSSR count). The number of benzene rings is 1. The van der Waals surface area contributed by atoms with Crippen molar-refractivity contribution in [1.29, 1.82) is 0 Å². The van der Waals surface area contributed by atoms with Gasteiger partial charge in [-0.05, 0) is 60.8 Å². The van der Waals surface area contributed by atoms with Gasteiger partial charge in [-0.25, -0.2) is 0 Å². The SMILES string of the molecule is CC(C)COc1ccc(/C=N\NC(=S)NC2CCCCC2)cc1. The second-order valence-electron chi connectivity index (χ2n) is 6.45. The van der Waals surface area contributed by atoms with Crippen molar-refractivity contribution in [3.8, 4) is 5.75 Å². The van der Waals surface area contributed by atoms with Gasteiger partial charge in [0.1, 0.15) is 5.75 Å². The van der Waals surface area contributed by atoms with Gasteiger partial charge in [-0.3, -0.25) is 5.43 Å². The van der Waals surface area contributed by atoms with Gasteiger partial charge in [0.2, 0.25) is 0 Å². The first kappa shape index (κ1) is 17.7. The van der Waals surface area contributed by atoms with Gasteiger partial charge in [-0.2, -0.15) is 5.10 Å².